The monoisotopic (exact) mass is 389 g/mol. The molecule has 0 aliphatic carbocycles. The third-order valence-electron chi connectivity index (χ3n) is 5.58. The lowest BCUT2D eigenvalue weighted by Crippen LogP contribution is -2.47. The summed E-state index contributed by atoms with van der Waals surface area (Å²) in [6, 6.07) is 8.23. The van der Waals surface area contributed by atoms with Gasteiger partial charge in [0.1, 0.15) is 5.75 Å². The lowest BCUT2D eigenvalue weighted by molar-refractivity contribution is -0.0721. The number of aliphatic imine (C=N–C) groups is 1. The maximum atomic E-state index is 6.12. The number of guanidine groups is 1. The molecule has 3 rings (SSSR count). The molecule has 0 amide bonds. The molecule has 2 aliphatic rings. The fourth-order valence-corrected chi connectivity index (χ4v) is 3.90. The van der Waals surface area contributed by atoms with Gasteiger partial charge in [0.2, 0.25) is 0 Å². The Morgan fingerprint density at radius 3 is 2.82 bits per heavy atom. The molecule has 6 nitrogen and oxygen atoms in total. The van der Waals surface area contributed by atoms with E-state index in [9.17, 15) is 0 Å². The second-order valence-corrected chi connectivity index (χ2v) is 7.58. The van der Waals surface area contributed by atoms with Crippen molar-refractivity contribution in [2.24, 2.45) is 4.99 Å². The highest BCUT2D eigenvalue weighted by atomic mass is 16.5. The van der Waals surface area contributed by atoms with Crippen LogP contribution in [0.1, 0.15) is 37.7 Å². The minimum atomic E-state index is 0.304. The van der Waals surface area contributed by atoms with Crippen LogP contribution in [0.3, 0.4) is 0 Å². The van der Waals surface area contributed by atoms with Gasteiger partial charge in [-0.1, -0.05) is 12.1 Å². The third kappa shape index (κ3) is 6.38. The zero-order chi connectivity index (χ0) is 19.6. The molecule has 0 bridgehead atoms. The van der Waals surface area contributed by atoms with Crippen molar-refractivity contribution in [2.45, 2.75) is 50.7 Å². The molecule has 2 aliphatic heterocycles. The van der Waals surface area contributed by atoms with Gasteiger partial charge in [-0.15, -0.1) is 0 Å². The summed E-state index contributed by atoms with van der Waals surface area (Å²) in [5.74, 6) is 1.89. The molecule has 1 N–H and O–H groups in total. The Hall–Kier alpha value is -1.79. The standard InChI is InChI=1S/C22H35N3O3/c1-23-22(24-12-9-18-6-5-8-20(16-18)26-2)25-13-10-19(11-14-25)28-17-21-7-3-4-15-27-21/h5-6,8,16,19,21H,3-4,7,9-15,17H2,1-2H3,(H,23,24). The Balaban J connectivity index is 1.36. The molecule has 1 aromatic carbocycles. The minimum Gasteiger partial charge on any atom is -0.497 e. The van der Waals surface area contributed by atoms with Crippen LogP contribution in [-0.2, 0) is 15.9 Å². The van der Waals surface area contributed by atoms with E-state index in [0.717, 1.165) is 70.2 Å². The Morgan fingerprint density at radius 2 is 2.11 bits per heavy atom. The number of likely N-dealkylation sites (tertiary alicyclic amines) is 1. The molecule has 28 heavy (non-hydrogen) atoms. The predicted molar refractivity (Wildman–Crippen MR) is 112 cm³/mol. The second kappa shape index (κ2) is 11.3. The van der Waals surface area contributed by atoms with E-state index in [-0.39, 0.29) is 0 Å². The van der Waals surface area contributed by atoms with Gasteiger partial charge in [0.05, 0.1) is 25.9 Å². The van der Waals surface area contributed by atoms with E-state index in [4.69, 9.17) is 14.2 Å². The number of piperidine rings is 1. The van der Waals surface area contributed by atoms with Crippen molar-refractivity contribution in [1.29, 1.82) is 0 Å². The minimum absolute atomic E-state index is 0.304. The molecule has 0 radical (unpaired) electrons. The molecule has 0 spiro atoms. The lowest BCUT2D eigenvalue weighted by Gasteiger charge is -2.35. The first kappa shape index (κ1) is 20.9. The van der Waals surface area contributed by atoms with Crippen LogP contribution in [0.25, 0.3) is 0 Å². The van der Waals surface area contributed by atoms with Crippen LogP contribution in [0.5, 0.6) is 5.75 Å². The van der Waals surface area contributed by atoms with Crippen LogP contribution in [0.2, 0.25) is 0 Å². The average Bonchev–Trinajstić information content (AvgIpc) is 2.77. The fraction of sp³-hybridized carbons (Fsp3) is 0.682. The van der Waals surface area contributed by atoms with Gasteiger partial charge in [-0.3, -0.25) is 4.99 Å². The van der Waals surface area contributed by atoms with Gasteiger partial charge >= 0.3 is 0 Å². The van der Waals surface area contributed by atoms with Crippen LogP contribution in [0.15, 0.2) is 29.3 Å². The van der Waals surface area contributed by atoms with E-state index in [1.54, 1.807) is 7.11 Å². The van der Waals surface area contributed by atoms with E-state index in [1.165, 1.54) is 18.4 Å². The Labute approximate surface area is 169 Å². The van der Waals surface area contributed by atoms with Crippen LogP contribution >= 0.6 is 0 Å². The van der Waals surface area contributed by atoms with Gasteiger partial charge in [0.25, 0.3) is 0 Å². The van der Waals surface area contributed by atoms with E-state index in [1.807, 2.05) is 19.2 Å². The van der Waals surface area contributed by atoms with Crippen LogP contribution < -0.4 is 10.1 Å². The van der Waals surface area contributed by atoms with Crippen molar-refractivity contribution in [3.05, 3.63) is 29.8 Å². The summed E-state index contributed by atoms with van der Waals surface area (Å²) in [5.41, 5.74) is 1.26. The smallest absolute Gasteiger partial charge is 0.193 e. The first-order chi connectivity index (χ1) is 13.8. The number of nitrogens with zero attached hydrogens (tertiary/aromatic N) is 2. The van der Waals surface area contributed by atoms with Crippen molar-refractivity contribution in [1.82, 2.24) is 10.2 Å². The fourth-order valence-electron chi connectivity index (χ4n) is 3.90. The summed E-state index contributed by atoms with van der Waals surface area (Å²) in [6.45, 7) is 4.46. The highest BCUT2D eigenvalue weighted by Gasteiger charge is 2.23. The molecular weight excluding hydrogens is 354 g/mol. The van der Waals surface area contributed by atoms with Crippen LogP contribution in [0, 0.1) is 0 Å². The lowest BCUT2D eigenvalue weighted by atomic mass is 10.1. The van der Waals surface area contributed by atoms with E-state index in [2.05, 4.69) is 27.3 Å². The molecule has 1 aromatic rings. The average molecular weight is 390 g/mol. The molecule has 156 valence electrons. The van der Waals surface area contributed by atoms with Gasteiger partial charge in [-0.05, 0) is 56.2 Å². The van der Waals surface area contributed by atoms with Crippen LogP contribution in [0.4, 0.5) is 0 Å². The Morgan fingerprint density at radius 1 is 1.25 bits per heavy atom. The maximum absolute atomic E-state index is 6.12. The first-order valence-electron chi connectivity index (χ1n) is 10.6. The van der Waals surface area contributed by atoms with Gasteiger partial charge in [-0.25, -0.2) is 0 Å². The second-order valence-electron chi connectivity index (χ2n) is 7.58. The molecule has 2 fully saturated rings. The van der Waals surface area contributed by atoms with Crippen molar-refractivity contribution in [3.63, 3.8) is 0 Å². The van der Waals surface area contributed by atoms with Gasteiger partial charge < -0.3 is 24.4 Å². The molecular formula is C22H35N3O3. The third-order valence-corrected chi connectivity index (χ3v) is 5.58. The maximum Gasteiger partial charge on any atom is 0.193 e. The molecule has 2 saturated heterocycles. The molecule has 0 aromatic heterocycles. The number of hydrogen-bond acceptors (Lipinski definition) is 4. The topological polar surface area (TPSA) is 55.3 Å². The van der Waals surface area contributed by atoms with Crippen LogP contribution in [-0.4, -0.2) is 70.1 Å². The summed E-state index contributed by atoms with van der Waals surface area (Å²) < 4.78 is 17.2. The van der Waals surface area contributed by atoms with Gasteiger partial charge in [0, 0.05) is 33.3 Å². The molecule has 1 atom stereocenters. The van der Waals surface area contributed by atoms with Crippen molar-refractivity contribution >= 4 is 5.96 Å². The molecule has 0 saturated carbocycles. The summed E-state index contributed by atoms with van der Waals surface area (Å²) in [4.78, 5) is 6.80. The number of ether oxygens (including phenoxy) is 3. The van der Waals surface area contributed by atoms with Crippen molar-refractivity contribution in [3.8, 4) is 5.75 Å². The summed E-state index contributed by atoms with van der Waals surface area (Å²) in [6.07, 6.45) is 7.28. The Bertz CT molecular complexity index is 609. The quantitative estimate of drug-likeness (QED) is 0.574. The van der Waals surface area contributed by atoms with Crippen molar-refractivity contribution in [2.75, 3.05) is 47.0 Å². The highest BCUT2D eigenvalue weighted by molar-refractivity contribution is 5.79. The Kier molecular flexibility index (Phi) is 8.42. The number of nitrogens with one attached hydrogen (secondary N) is 1. The largest absolute Gasteiger partial charge is 0.497 e. The molecule has 1 unspecified atom stereocenters. The number of benzene rings is 1. The van der Waals surface area contributed by atoms with Crippen molar-refractivity contribution < 1.29 is 14.2 Å². The van der Waals surface area contributed by atoms with E-state index < -0.39 is 0 Å². The number of methoxy groups -OCH3 is 1. The van der Waals surface area contributed by atoms with Gasteiger partial charge in [-0.2, -0.15) is 0 Å². The predicted octanol–water partition coefficient (Wildman–Crippen LogP) is 2.86. The summed E-state index contributed by atoms with van der Waals surface area (Å²) in [7, 11) is 3.56. The zero-order valence-electron chi connectivity index (χ0n) is 17.4. The summed E-state index contributed by atoms with van der Waals surface area (Å²) in [5, 5.41) is 3.50. The zero-order valence-corrected chi connectivity index (χ0v) is 17.4. The molecule has 2 heterocycles. The normalized spacial score (nSPS) is 21.6. The number of hydrogen-bond donors (Lipinski definition) is 1. The summed E-state index contributed by atoms with van der Waals surface area (Å²) >= 11 is 0. The van der Waals surface area contributed by atoms with E-state index in [0.29, 0.717) is 12.2 Å². The first-order valence-corrected chi connectivity index (χ1v) is 10.6. The highest BCUT2D eigenvalue weighted by Crippen LogP contribution is 2.18. The number of rotatable bonds is 7. The SMILES string of the molecule is CN=C(NCCc1cccc(OC)c1)N1CCC(OCC2CCCCO2)CC1. The molecule has 6 heteroatoms. The van der Waals surface area contributed by atoms with Gasteiger partial charge in [0.15, 0.2) is 5.96 Å². The van der Waals surface area contributed by atoms with E-state index >= 15 is 0 Å².